The first-order chi connectivity index (χ1) is 15.8. The SMILES string of the molecule is CC(C)(C)[Si](OCCCC1(c2ccc(Cl)c(C=O)c2)CC1)(c1ccccc1)c1ccccc1. The van der Waals surface area contributed by atoms with E-state index in [1.807, 2.05) is 12.1 Å². The molecular formula is C29H33ClO2Si. The van der Waals surface area contributed by atoms with E-state index in [-0.39, 0.29) is 10.5 Å². The lowest BCUT2D eigenvalue weighted by molar-refractivity contribution is 0.112. The van der Waals surface area contributed by atoms with Crippen LogP contribution in [0, 0.1) is 0 Å². The maximum absolute atomic E-state index is 11.4. The Kier molecular flexibility index (Phi) is 6.95. The number of hydrogen-bond donors (Lipinski definition) is 0. The molecule has 0 unspecified atom stereocenters. The zero-order valence-corrected chi connectivity index (χ0v) is 21.6. The Labute approximate surface area is 204 Å². The van der Waals surface area contributed by atoms with Gasteiger partial charge < -0.3 is 4.43 Å². The second kappa shape index (κ2) is 9.58. The number of hydrogen-bond acceptors (Lipinski definition) is 2. The third-order valence-electron chi connectivity index (χ3n) is 7.12. The van der Waals surface area contributed by atoms with Crippen LogP contribution >= 0.6 is 11.6 Å². The minimum Gasteiger partial charge on any atom is -0.407 e. The summed E-state index contributed by atoms with van der Waals surface area (Å²) < 4.78 is 7.05. The standard InChI is InChI=1S/C29H33ClO2Si/c1-28(2,3)33(25-11-6-4-7-12-25,26-13-8-5-9-14-26)32-20-10-17-29(18-19-29)24-15-16-27(30)23(21-24)22-31/h4-9,11-16,21-22H,10,17-20H2,1-3H3. The first-order valence-corrected chi connectivity index (χ1v) is 14.1. The molecule has 1 aliphatic carbocycles. The lowest BCUT2D eigenvalue weighted by Crippen LogP contribution is -2.66. The first kappa shape index (κ1) is 23.9. The number of carbonyl (C=O) groups excluding carboxylic acids is 1. The zero-order chi connectivity index (χ0) is 23.5. The van der Waals surface area contributed by atoms with Gasteiger partial charge in [-0.05, 0) is 64.2 Å². The van der Waals surface area contributed by atoms with Crippen molar-refractivity contribution in [3.8, 4) is 0 Å². The molecule has 0 amide bonds. The van der Waals surface area contributed by atoms with Gasteiger partial charge in [0.2, 0.25) is 0 Å². The molecule has 1 saturated carbocycles. The van der Waals surface area contributed by atoms with E-state index < -0.39 is 8.32 Å². The van der Waals surface area contributed by atoms with E-state index in [0.717, 1.165) is 38.6 Å². The maximum Gasteiger partial charge on any atom is 0.261 e. The minimum absolute atomic E-state index is 0.0119. The van der Waals surface area contributed by atoms with E-state index in [2.05, 4.69) is 87.5 Å². The summed E-state index contributed by atoms with van der Waals surface area (Å²) in [5.41, 5.74) is 1.99. The fourth-order valence-electron chi connectivity index (χ4n) is 5.20. The summed E-state index contributed by atoms with van der Waals surface area (Å²) in [5, 5.41) is 3.15. The lowest BCUT2D eigenvalue weighted by atomic mass is 9.90. The molecule has 2 nitrogen and oxygen atoms in total. The Morgan fingerprint density at radius 3 is 2.00 bits per heavy atom. The Hall–Kier alpha value is -2.20. The number of carbonyl (C=O) groups is 1. The Morgan fingerprint density at radius 2 is 1.52 bits per heavy atom. The molecule has 33 heavy (non-hydrogen) atoms. The molecule has 0 heterocycles. The average molecular weight is 477 g/mol. The summed E-state index contributed by atoms with van der Waals surface area (Å²) >= 11 is 6.16. The fraction of sp³-hybridized carbons (Fsp3) is 0.345. The van der Waals surface area contributed by atoms with Crippen LogP contribution in [0.15, 0.2) is 78.9 Å². The third-order valence-corrected chi connectivity index (χ3v) is 12.5. The van der Waals surface area contributed by atoms with Crippen molar-refractivity contribution in [1.82, 2.24) is 0 Å². The summed E-state index contributed by atoms with van der Waals surface area (Å²) in [6.07, 6.45) is 5.22. The molecule has 172 valence electrons. The van der Waals surface area contributed by atoms with Crippen LogP contribution in [0.4, 0.5) is 0 Å². The van der Waals surface area contributed by atoms with Crippen molar-refractivity contribution in [3.05, 3.63) is 95.0 Å². The minimum atomic E-state index is -2.49. The van der Waals surface area contributed by atoms with E-state index >= 15 is 0 Å². The summed E-state index contributed by atoms with van der Waals surface area (Å²) in [4.78, 5) is 11.4. The highest BCUT2D eigenvalue weighted by molar-refractivity contribution is 6.99. The van der Waals surface area contributed by atoms with Gasteiger partial charge in [-0.2, -0.15) is 0 Å². The summed E-state index contributed by atoms with van der Waals surface area (Å²) in [5.74, 6) is 0. The van der Waals surface area contributed by atoms with Crippen LogP contribution < -0.4 is 10.4 Å². The van der Waals surface area contributed by atoms with Crippen LogP contribution in [0.3, 0.4) is 0 Å². The molecule has 3 aromatic rings. The Bertz CT molecular complexity index is 1050. The van der Waals surface area contributed by atoms with Gasteiger partial charge in [0.05, 0.1) is 5.02 Å². The largest absolute Gasteiger partial charge is 0.407 e. The van der Waals surface area contributed by atoms with Gasteiger partial charge in [-0.1, -0.05) is 99.1 Å². The molecule has 3 aromatic carbocycles. The monoisotopic (exact) mass is 476 g/mol. The molecule has 0 spiro atoms. The van der Waals surface area contributed by atoms with Gasteiger partial charge in [0, 0.05) is 12.2 Å². The van der Waals surface area contributed by atoms with Gasteiger partial charge in [-0.3, -0.25) is 4.79 Å². The van der Waals surface area contributed by atoms with Crippen molar-refractivity contribution in [3.63, 3.8) is 0 Å². The zero-order valence-electron chi connectivity index (χ0n) is 19.8. The molecule has 0 saturated heterocycles. The van der Waals surface area contributed by atoms with Crippen molar-refractivity contribution >= 4 is 36.6 Å². The topological polar surface area (TPSA) is 26.3 Å². The van der Waals surface area contributed by atoms with E-state index in [1.165, 1.54) is 15.9 Å². The highest BCUT2D eigenvalue weighted by Gasteiger charge is 2.50. The quantitative estimate of drug-likeness (QED) is 0.199. The van der Waals surface area contributed by atoms with Crippen molar-refractivity contribution < 1.29 is 9.22 Å². The second-order valence-corrected chi connectivity index (χ2v) is 15.0. The van der Waals surface area contributed by atoms with Crippen LogP contribution in [0.1, 0.15) is 62.4 Å². The van der Waals surface area contributed by atoms with Crippen LogP contribution in [-0.2, 0) is 9.84 Å². The molecular weight excluding hydrogens is 444 g/mol. The Balaban J connectivity index is 1.56. The molecule has 4 heteroatoms. The smallest absolute Gasteiger partial charge is 0.261 e. The molecule has 0 aliphatic heterocycles. The van der Waals surface area contributed by atoms with Gasteiger partial charge in [0.25, 0.3) is 8.32 Å². The van der Waals surface area contributed by atoms with Gasteiger partial charge in [-0.25, -0.2) is 0 Å². The van der Waals surface area contributed by atoms with Crippen LogP contribution in [0.5, 0.6) is 0 Å². The molecule has 0 N–H and O–H groups in total. The van der Waals surface area contributed by atoms with E-state index in [4.69, 9.17) is 16.0 Å². The Morgan fingerprint density at radius 1 is 0.939 bits per heavy atom. The number of halogens is 1. The predicted molar refractivity (Wildman–Crippen MR) is 141 cm³/mol. The maximum atomic E-state index is 11.4. The van der Waals surface area contributed by atoms with Crippen molar-refractivity contribution in [1.29, 1.82) is 0 Å². The lowest BCUT2D eigenvalue weighted by Gasteiger charge is -2.43. The van der Waals surface area contributed by atoms with Crippen molar-refractivity contribution in [2.75, 3.05) is 6.61 Å². The van der Waals surface area contributed by atoms with Gasteiger partial charge >= 0.3 is 0 Å². The summed E-state index contributed by atoms with van der Waals surface area (Å²) in [6, 6.07) is 27.5. The fourth-order valence-corrected chi connectivity index (χ4v) is 9.96. The molecule has 0 radical (unpaired) electrons. The van der Waals surface area contributed by atoms with Gasteiger partial charge in [-0.15, -0.1) is 0 Å². The normalized spacial score (nSPS) is 15.3. The van der Waals surface area contributed by atoms with Crippen LogP contribution in [0.2, 0.25) is 10.1 Å². The van der Waals surface area contributed by atoms with E-state index in [9.17, 15) is 4.79 Å². The summed E-state index contributed by atoms with van der Waals surface area (Å²) in [6.45, 7) is 7.67. The number of benzene rings is 3. The number of rotatable bonds is 9. The molecule has 0 aromatic heterocycles. The average Bonchev–Trinajstić information content (AvgIpc) is 3.61. The molecule has 4 rings (SSSR count). The third kappa shape index (κ3) is 4.73. The van der Waals surface area contributed by atoms with Gasteiger partial charge in [0.1, 0.15) is 0 Å². The molecule has 1 fully saturated rings. The molecule has 0 bridgehead atoms. The first-order valence-electron chi connectivity index (χ1n) is 11.8. The number of aldehydes is 1. The van der Waals surface area contributed by atoms with Crippen molar-refractivity contribution in [2.24, 2.45) is 0 Å². The van der Waals surface area contributed by atoms with Crippen LogP contribution in [-0.4, -0.2) is 21.2 Å². The predicted octanol–water partition coefficient (Wildman–Crippen LogP) is 6.54. The molecule has 0 atom stereocenters. The van der Waals surface area contributed by atoms with Crippen LogP contribution in [0.25, 0.3) is 0 Å². The van der Waals surface area contributed by atoms with E-state index in [0.29, 0.717) is 10.6 Å². The van der Waals surface area contributed by atoms with Gasteiger partial charge in [0.15, 0.2) is 6.29 Å². The highest BCUT2D eigenvalue weighted by Crippen LogP contribution is 2.52. The second-order valence-electron chi connectivity index (χ2n) is 10.2. The highest BCUT2D eigenvalue weighted by atomic mass is 35.5. The van der Waals surface area contributed by atoms with E-state index in [1.54, 1.807) is 0 Å². The van der Waals surface area contributed by atoms with Crippen molar-refractivity contribution in [2.45, 2.75) is 56.9 Å². The summed E-state index contributed by atoms with van der Waals surface area (Å²) in [7, 11) is -2.49. The molecule has 1 aliphatic rings.